The van der Waals surface area contributed by atoms with Crippen LogP contribution in [0.2, 0.25) is 0 Å². The van der Waals surface area contributed by atoms with Crippen molar-refractivity contribution in [2.24, 2.45) is 0 Å². The summed E-state index contributed by atoms with van der Waals surface area (Å²) in [5.41, 5.74) is 1.31. The number of carbonyl (C=O) groups is 4. The molecule has 14 heteroatoms. The first-order valence-electron chi connectivity index (χ1n) is 6.89. The van der Waals surface area contributed by atoms with Crippen molar-refractivity contribution >= 4 is 46.9 Å². The number of hydrogen-bond acceptors (Lipinski definition) is 8. The molecule has 0 amide bonds. The van der Waals surface area contributed by atoms with E-state index in [9.17, 15) is 19.2 Å². The molecule has 0 spiro atoms. The molecular weight excluding hydrogens is 462 g/mol. The maximum atomic E-state index is 11.6. The van der Waals surface area contributed by atoms with E-state index in [2.05, 4.69) is 0 Å². The van der Waals surface area contributed by atoms with Crippen molar-refractivity contribution in [1.82, 2.24) is 0 Å². The van der Waals surface area contributed by atoms with Crippen LogP contribution in [-0.4, -0.2) is 50.8 Å². The minimum atomic E-state index is -2.86. The minimum absolute atomic E-state index is 0. The average Bonchev–Trinajstić information content (AvgIpc) is 2.66. The fraction of sp³-hybridized carbons (Fsp3) is 0. The summed E-state index contributed by atoms with van der Waals surface area (Å²) in [6.07, 6.45) is 0.450. The molecule has 0 aliphatic carbocycles. The second kappa shape index (κ2) is 19.0. The Bertz CT molecular complexity index is 824. The topological polar surface area (TPSA) is 189 Å². The third kappa shape index (κ3) is 13.5. The van der Waals surface area contributed by atoms with E-state index in [-0.39, 0.29) is 82.8 Å². The molecule has 2 rings (SSSR count). The van der Waals surface area contributed by atoms with Gasteiger partial charge in [-0.1, -0.05) is 48.5 Å². The van der Waals surface area contributed by atoms with Crippen LogP contribution in [0.3, 0.4) is 0 Å². The Morgan fingerprint density at radius 2 is 0.933 bits per heavy atom. The van der Waals surface area contributed by atoms with Crippen LogP contribution >= 0.6 is 0 Å². The summed E-state index contributed by atoms with van der Waals surface area (Å²) in [5.74, 6) is -1.34. The largest absolute Gasteiger partial charge is 1.00 e. The zero-order valence-corrected chi connectivity index (χ0v) is 21.4. The maximum Gasteiger partial charge on any atom is 1.00 e. The van der Waals surface area contributed by atoms with Crippen LogP contribution < -0.4 is 59.1 Å². The van der Waals surface area contributed by atoms with Crippen molar-refractivity contribution in [3.8, 4) is 11.1 Å². The number of carbonyl (C=O) groups excluding carboxylic acids is 4. The molecule has 30 heavy (non-hydrogen) atoms. The zero-order valence-electron chi connectivity index (χ0n) is 15.8. The molecule has 0 saturated carbocycles. The van der Waals surface area contributed by atoms with Gasteiger partial charge in [-0.25, -0.2) is 8.42 Å². The fourth-order valence-corrected chi connectivity index (χ4v) is 1.99. The summed E-state index contributed by atoms with van der Waals surface area (Å²) >= 11 is -5.72. The van der Waals surface area contributed by atoms with Crippen LogP contribution in [-0.2, 0) is 32.3 Å². The van der Waals surface area contributed by atoms with E-state index < -0.39 is 34.3 Å². The number of hydrogen-bond donors (Lipinski definition) is 2. The molecule has 150 valence electrons. The van der Waals surface area contributed by atoms with Crippen molar-refractivity contribution in [2.75, 3.05) is 0 Å². The van der Waals surface area contributed by atoms with Crippen molar-refractivity contribution in [1.29, 1.82) is 0 Å². The fourth-order valence-electron chi connectivity index (χ4n) is 1.99. The number of benzene rings is 2. The average molecular weight is 474 g/mol. The molecule has 0 fully saturated rings. The monoisotopic (exact) mass is 474 g/mol. The molecule has 2 unspecified atom stereocenters. The van der Waals surface area contributed by atoms with Crippen LogP contribution in [0.1, 0.15) is 20.7 Å². The summed E-state index contributed by atoms with van der Waals surface area (Å²) in [6.45, 7) is 0. The van der Waals surface area contributed by atoms with Gasteiger partial charge >= 0.3 is 59.1 Å². The molecule has 0 aromatic heterocycles. The first kappa shape index (κ1) is 33.9. The Kier molecular flexibility index (Phi) is 21.4. The molecule has 2 atom stereocenters. The van der Waals surface area contributed by atoms with Crippen LogP contribution in [0.25, 0.3) is 11.1 Å². The number of aldehydes is 2. The standard InChI is InChI=1S/C16H10O4.2Na.2H2O3S/c17-9-15(19)13-7-3-1-5-11(13)12-6-2-4-8-14(12)16(20)10-18;;;2*1-4(2)3/h1-10H;;;2*(H2,1,2,3)/q;2*+1;;/p-2. The Labute approximate surface area is 220 Å². The summed E-state index contributed by atoms with van der Waals surface area (Å²) in [5, 5.41) is 0. The van der Waals surface area contributed by atoms with Crippen molar-refractivity contribution in [3.63, 3.8) is 0 Å². The van der Waals surface area contributed by atoms with Crippen LogP contribution in [0.4, 0.5) is 0 Å². The molecule has 0 bridgehead atoms. The van der Waals surface area contributed by atoms with Crippen LogP contribution in [0, 0.1) is 0 Å². The Hall–Kier alpha value is -0.740. The molecule has 2 aromatic rings. The van der Waals surface area contributed by atoms with Gasteiger partial charge in [0.05, 0.1) is 22.7 Å². The minimum Gasteiger partial charge on any atom is -0.750 e. The normalized spacial score (nSPS) is 10.7. The van der Waals surface area contributed by atoms with Crippen LogP contribution in [0.15, 0.2) is 48.5 Å². The molecule has 2 aromatic carbocycles. The van der Waals surface area contributed by atoms with Crippen molar-refractivity contribution < 1.29 is 105 Å². The van der Waals surface area contributed by atoms with Gasteiger partial charge in [-0.3, -0.25) is 19.2 Å². The van der Waals surface area contributed by atoms with E-state index >= 15 is 0 Å². The summed E-state index contributed by atoms with van der Waals surface area (Å²) in [6, 6.07) is 12.9. The second-order valence-electron chi connectivity index (χ2n) is 4.49. The maximum absolute atomic E-state index is 11.6. The van der Waals surface area contributed by atoms with Gasteiger partial charge in [-0.2, -0.15) is 0 Å². The van der Waals surface area contributed by atoms with E-state index in [0.717, 1.165) is 0 Å². The van der Waals surface area contributed by atoms with Gasteiger partial charge in [-0.15, -0.1) is 0 Å². The van der Waals surface area contributed by atoms with Gasteiger partial charge in [-0.05, 0) is 11.1 Å². The van der Waals surface area contributed by atoms with Gasteiger partial charge in [0.2, 0.25) is 11.6 Å². The van der Waals surface area contributed by atoms with E-state index in [4.69, 9.17) is 26.6 Å². The summed E-state index contributed by atoms with van der Waals surface area (Å²) in [4.78, 5) is 44.7. The van der Waals surface area contributed by atoms with Gasteiger partial charge < -0.3 is 18.2 Å². The predicted octanol–water partition coefficient (Wildman–Crippen LogP) is -5.20. The molecule has 0 aliphatic heterocycles. The van der Waals surface area contributed by atoms with E-state index in [1.807, 2.05) is 0 Å². The van der Waals surface area contributed by atoms with Gasteiger partial charge in [0.25, 0.3) is 0 Å². The van der Waals surface area contributed by atoms with Crippen LogP contribution in [0.5, 0.6) is 0 Å². The van der Waals surface area contributed by atoms with Gasteiger partial charge in [0, 0.05) is 11.1 Å². The summed E-state index contributed by atoms with van der Waals surface area (Å²) in [7, 11) is 0. The second-order valence-corrected chi connectivity index (χ2v) is 5.36. The molecule has 0 heterocycles. The first-order valence-corrected chi connectivity index (χ1v) is 8.96. The molecule has 0 saturated heterocycles. The molecule has 0 radical (unpaired) electrons. The third-order valence-corrected chi connectivity index (χ3v) is 2.89. The number of Topliss-reactive ketones (excluding diaryl/α,β-unsaturated/α-hetero) is 2. The number of ketones is 2. The Morgan fingerprint density at radius 1 is 0.700 bits per heavy atom. The van der Waals surface area contributed by atoms with E-state index in [0.29, 0.717) is 11.1 Å². The Morgan fingerprint density at radius 3 is 1.17 bits per heavy atom. The number of rotatable bonds is 5. The van der Waals surface area contributed by atoms with E-state index in [1.165, 1.54) is 12.1 Å². The predicted molar refractivity (Wildman–Crippen MR) is 95.8 cm³/mol. The van der Waals surface area contributed by atoms with E-state index in [1.54, 1.807) is 36.4 Å². The molecule has 10 nitrogen and oxygen atoms in total. The van der Waals surface area contributed by atoms with Crippen molar-refractivity contribution in [2.45, 2.75) is 0 Å². The SMILES string of the molecule is O=CC(=O)c1ccccc1-c1ccccc1C(=O)C=O.O=S([O-])O.O=S([O-])O.[Na+].[Na+]. The smallest absolute Gasteiger partial charge is 0.750 e. The quantitative estimate of drug-likeness (QED) is 0.139. The molecule has 2 N–H and O–H groups in total. The Balaban J connectivity index is -0.000000629. The van der Waals surface area contributed by atoms with Gasteiger partial charge in [0.15, 0.2) is 12.6 Å². The molecular formula is C16H12Na2O10S2. The third-order valence-electron chi connectivity index (χ3n) is 2.89. The first-order chi connectivity index (χ1) is 13.1. The van der Waals surface area contributed by atoms with Crippen molar-refractivity contribution in [3.05, 3.63) is 59.7 Å². The summed E-state index contributed by atoms with van der Waals surface area (Å²) < 4.78 is 48.2. The zero-order chi connectivity index (χ0) is 21.7. The van der Waals surface area contributed by atoms with Gasteiger partial charge in [0.1, 0.15) is 0 Å². The molecule has 0 aliphatic rings.